The van der Waals surface area contributed by atoms with Crippen molar-refractivity contribution in [1.29, 1.82) is 0 Å². The van der Waals surface area contributed by atoms with Crippen molar-refractivity contribution >= 4 is 26.2 Å². The molecule has 5 nitrogen and oxygen atoms in total. The first kappa shape index (κ1) is 24.8. The van der Waals surface area contributed by atoms with Gasteiger partial charge in [0.2, 0.25) is 0 Å². The number of sulfone groups is 1. The Morgan fingerprint density at radius 3 is 2.56 bits per heavy atom. The Balaban J connectivity index is 1.52. The van der Waals surface area contributed by atoms with Gasteiger partial charge in [-0.2, -0.15) is 0 Å². The minimum atomic E-state index is -3.27. The van der Waals surface area contributed by atoms with E-state index in [0.717, 1.165) is 34.2 Å². The highest BCUT2D eigenvalue weighted by Crippen LogP contribution is 2.30. The van der Waals surface area contributed by atoms with Crippen LogP contribution in [0.25, 0.3) is 0 Å². The maximum Gasteiger partial charge on any atom is 0.156 e. The van der Waals surface area contributed by atoms with Crippen LogP contribution < -0.4 is 10.6 Å². The Morgan fingerprint density at radius 2 is 1.88 bits per heavy atom. The number of aliphatic hydroxyl groups is 1. The number of rotatable bonds is 9. The van der Waals surface area contributed by atoms with Crippen LogP contribution in [0.4, 0.5) is 13.8 Å². The molecule has 1 aliphatic rings. The number of thiophene rings is 1. The molecule has 0 bridgehead atoms. The highest BCUT2D eigenvalue weighted by atomic mass is 32.2. The fraction of sp³-hybridized carbons (Fsp3) is 0.360. The van der Waals surface area contributed by atoms with E-state index >= 15 is 0 Å². The molecule has 0 spiro atoms. The fourth-order valence-corrected chi connectivity index (χ4v) is 6.68. The molecule has 1 aromatic heterocycles. The lowest BCUT2D eigenvalue weighted by atomic mass is 9.97. The Bertz CT molecular complexity index is 1210. The number of hydrogen-bond donors (Lipinski definition) is 3. The Hall–Kier alpha value is -2.33. The summed E-state index contributed by atoms with van der Waals surface area (Å²) in [5.74, 6) is -1.37. The molecule has 0 aliphatic carbocycles. The lowest BCUT2D eigenvalue weighted by Gasteiger charge is -2.30. The van der Waals surface area contributed by atoms with E-state index in [9.17, 15) is 22.3 Å². The molecular weight excluding hydrogens is 478 g/mol. The zero-order valence-electron chi connectivity index (χ0n) is 18.8. The molecule has 0 saturated heterocycles. The SMILES string of the molecule is CCc1ccc2c(c1)C(NCC(O)C(Cc1cc(F)cc(F)c1)Nc1cccs1)CS(=O)(=O)C2. The zero-order valence-corrected chi connectivity index (χ0v) is 20.4. The third-order valence-electron chi connectivity index (χ3n) is 6.05. The molecular formula is C25H28F2N2O3S2. The summed E-state index contributed by atoms with van der Waals surface area (Å²) in [6.45, 7) is 2.15. The molecule has 182 valence electrons. The van der Waals surface area contributed by atoms with Gasteiger partial charge in [0.25, 0.3) is 0 Å². The number of aryl methyl sites for hydroxylation is 1. The smallest absolute Gasteiger partial charge is 0.156 e. The van der Waals surface area contributed by atoms with Gasteiger partial charge < -0.3 is 15.7 Å². The first-order chi connectivity index (χ1) is 16.2. The van der Waals surface area contributed by atoms with Crippen LogP contribution in [0.5, 0.6) is 0 Å². The largest absolute Gasteiger partial charge is 0.390 e. The monoisotopic (exact) mass is 506 g/mol. The molecule has 2 heterocycles. The summed E-state index contributed by atoms with van der Waals surface area (Å²) in [5.41, 5.74) is 3.26. The van der Waals surface area contributed by atoms with Gasteiger partial charge in [0.05, 0.1) is 28.7 Å². The number of halogens is 2. The fourth-order valence-electron chi connectivity index (χ4n) is 4.34. The van der Waals surface area contributed by atoms with E-state index in [1.807, 2.05) is 42.6 Å². The Morgan fingerprint density at radius 1 is 1.12 bits per heavy atom. The molecule has 9 heteroatoms. The first-order valence-electron chi connectivity index (χ1n) is 11.2. The second-order valence-electron chi connectivity index (χ2n) is 8.68. The predicted octanol–water partition coefficient (Wildman–Crippen LogP) is 4.23. The number of benzene rings is 2. The van der Waals surface area contributed by atoms with Crippen LogP contribution in [0.1, 0.15) is 35.2 Å². The highest BCUT2D eigenvalue weighted by molar-refractivity contribution is 7.90. The molecule has 3 N–H and O–H groups in total. The van der Waals surface area contributed by atoms with Crippen LogP contribution in [0.2, 0.25) is 0 Å². The second-order valence-corrected chi connectivity index (χ2v) is 11.7. The summed E-state index contributed by atoms with van der Waals surface area (Å²) in [5, 5.41) is 20.3. The molecule has 0 saturated carbocycles. The molecule has 0 amide bonds. The van der Waals surface area contributed by atoms with Gasteiger partial charge in [0.1, 0.15) is 11.6 Å². The molecule has 34 heavy (non-hydrogen) atoms. The summed E-state index contributed by atoms with van der Waals surface area (Å²) >= 11 is 1.46. The number of fused-ring (bicyclic) bond motifs is 1. The summed E-state index contributed by atoms with van der Waals surface area (Å²) < 4.78 is 52.4. The Kier molecular flexibility index (Phi) is 7.67. The number of nitrogens with one attached hydrogen (secondary N) is 2. The van der Waals surface area contributed by atoms with Crippen LogP contribution >= 0.6 is 11.3 Å². The molecule has 1 aliphatic heterocycles. The van der Waals surface area contributed by atoms with Crippen molar-refractivity contribution in [3.8, 4) is 0 Å². The zero-order chi connectivity index (χ0) is 24.3. The van der Waals surface area contributed by atoms with Crippen molar-refractivity contribution in [3.63, 3.8) is 0 Å². The van der Waals surface area contributed by atoms with Crippen molar-refractivity contribution in [2.45, 2.75) is 43.7 Å². The standard InChI is InChI=1S/C25H28F2N2O3S2/c1-2-16-5-6-18-14-34(31,32)15-23(21(18)10-16)28-13-24(30)22(29-25-4-3-7-33-25)11-17-8-19(26)12-20(27)9-17/h3-10,12,22-24,28-30H,2,11,13-15H2,1H3. The average Bonchev–Trinajstić information content (AvgIpc) is 3.28. The van der Waals surface area contributed by atoms with E-state index in [-0.39, 0.29) is 24.5 Å². The van der Waals surface area contributed by atoms with Crippen LogP contribution in [0.3, 0.4) is 0 Å². The highest BCUT2D eigenvalue weighted by Gasteiger charge is 2.31. The lowest BCUT2D eigenvalue weighted by molar-refractivity contribution is 0.146. The number of anilines is 1. The van der Waals surface area contributed by atoms with Gasteiger partial charge >= 0.3 is 0 Å². The number of hydrogen-bond acceptors (Lipinski definition) is 6. The van der Waals surface area contributed by atoms with Crippen molar-refractivity contribution in [2.75, 3.05) is 17.6 Å². The van der Waals surface area contributed by atoms with Gasteiger partial charge in [-0.3, -0.25) is 0 Å². The topological polar surface area (TPSA) is 78.4 Å². The van der Waals surface area contributed by atoms with Crippen molar-refractivity contribution in [1.82, 2.24) is 5.32 Å². The average molecular weight is 507 g/mol. The second kappa shape index (κ2) is 10.5. The summed E-state index contributed by atoms with van der Waals surface area (Å²) in [7, 11) is -3.27. The molecule has 4 rings (SSSR count). The van der Waals surface area contributed by atoms with Crippen LogP contribution in [0.15, 0.2) is 53.9 Å². The maximum atomic E-state index is 13.7. The van der Waals surface area contributed by atoms with Gasteiger partial charge in [0, 0.05) is 18.7 Å². The van der Waals surface area contributed by atoms with Gasteiger partial charge in [-0.05, 0) is 64.7 Å². The quantitative estimate of drug-likeness (QED) is 0.405. The van der Waals surface area contributed by atoms with Crippen LogP contribution in [0, 0.1) is 11.6 Å². The molecule has 0 fully saturated rings. The van der Waals surface area contributed by atoms with Gasteiger partial charge in [-0.1, -0.05) is 25.1 Å². The van der Waals surface area contributed by atoms with E-state index in [1.165, 1.54) is 23.5 Å². The molecule has 0 radical (unpaired) electrons. The van der Waals surface area contributed by atoms with E-state index < -0.39 is 39.7 Å². The van der Waals surface area contributed by atoms with Crippen LogP contribution in [-0.4, -0.2) is 38.0 Å². The summed E-state index contributed by atoms with van der Waals surface area (Å²) in [4.78, 5) is 0. The normalized spacial score (nSPS) is 18.8. The predicted molar refractivity (Wildman–Crippen MR) is 132 cm³/mol. The molecule has 3 atom stereocenters. The molecule has 3 unspecified atom stereocenters. The van der Waals surface area contributed by atoms with E-state index in [1.54, 1.807) is 0 Å². The summed E-state index contributed by atoms with van der Waals surface area (Å²) in [6.07, 6.45) is 0.0808. The third kappa shape index (κ3) is 6.21. The van der Waals surface area contributed by atoms with E-state index in [0.29, 0.717) is 5.56 Å². The molecule has 2 aromatic carbocycles. The molecule has 3 aromatic rings. The Labute approximate surface area is 202 Å². The van der Waals surface area contributed by atoms with Crippen LogP contribution in [-0.2, 0) is 28.4 Å². The van der Waals surface area contributed by atoms with Crippen molar-refractivity contribution in [2.24, 2.45) is 0 Å². The van der Waals surface area contributed by atoms with Crippen molar-refractivity contribution < 1.29 is 22.3 Å². The lowest BCUT2D eigenvalue weighted by Crippen LogP contribution is -2.45. The summed E-state index contributed by atoms with van der Waals surface area (Å²) in [6, 6.07) is 11.9. The van der Waals surface area contributed by atoms with Gasteiger partial charge in [-0.25, -0.2) is 17.2 Å². The number of aliphatic hydroxyl groups excluding tert-OH is 1. The minimum Gasteiger partial charge on any atom is -0.390 e. The van der Waals surface area contributed by atoms with E-state index in [4.69, 9.17) is 0 Å². The van der Waals surface area contributed by atoms with Gasteiger partial charge in [-0.15, -0.1) is 11.3 Å². The maximum absolute atomic E-state index is 13.7. The third-order valence-corrected chi connectivity index (χ3v) is 8.45. The minimum absolute atomic E-state index is 0.0146. The van der Waals surface area contributed by atoms with Gasteiger partial charge in [0.15, 0.2) is 9.84 Å². The first-order valence-corrected chi connectivity index (χ1v) is 13.9. The van der Waals surface area contributed by atoms with E-state index in [2.05, 4.69) is 10.6 Å². The van der Waals surface area contributed by atoms with Crippen molar-refractivity contribution in [3.05, 3.63) is 87.8 Å².